The summed E-state index contributed by atoms with van der Waals surface area (Å²) in [5, 5.41) is 14.5. The van der Waals surface area contributed by atoms with Crippen LogP contribution in [0.1, 0.15) is 32.1 Å². The van der Waals surface area contributed by atoms with Crippen molar-refractivity contribution in [1.82, 2.24) is 4.98 Å². The minimum Gasteiger partial charge on any atom is -0.321 e. The number of hydrogen-bond donors (Lipinski definition) is 2. The molecule has 0 radical (unpaired) electrons. The van der Waals surface area contributed by atoms with Gasteiger partial charge in [0.05, 0.1) is 11.3 Å². The molecule has 0 saturated heterocycles. The second-order valence-electron chi connectivity index (χ2n) is 5.84. The predicted molar refractivity (Wildman–Crippen MR) is 102 cm³/mol. The molecule has 1 aromatic heterocycles. The third-order valence-electron chi connectivity index (χ3n) is 3.82. The Balaban J connectivity index is 1.76. The van der Waals surface area contributed by atoms with Crippen molar-refractivity contribution in [2.75, 3.05) is 10.6 Å². The number of hydrogen-bond acceptors (Lipinski definition) is 4. The summed E-state index contributed by atoms with van der Waals surface area (Å²) in [5.74, 6) is -0.909. The summed E-state index contributed by atoms with van der Waals surface area (Å²) < 4.78 is 0. The van der Waals surface area contributed by atoms with Crippen LogP contribution in [-0.4, -0.2) is 16.8 Å². The summed E-state index contributed by atoms with van der Waals surface area (Å²) in [5.41, 5.74) is 2.67. The second kappa shape index (κ2) is 7.93. The molecule has 6 nitrogen and oxygen atoms in total. The molecular weight excluding hydrogens is 340 g/mol. The SMILES string of the molecule is Cc1ccc(NC(=O)c2cccc(C(=O)Nc3ccccc3C#N)n2)cc1. The monoisotopic (exact) mass is 356 g/mol. The molecule has 0 aliphatic carbocycles. The molecular formula is C21H16N4O2. The van der Waals surface area contributed by atoms with Crippen LogP contribution in [0.3, 0.4) is 0 Å². The van der Waals surface area contributed by atoms with Crippen molar-refractivity contribution < 1.29 is 9.59 Å². The fourth-order valence-electron chi connectivity index (χ4n) is 2.40. The third kappa shape index (κ3) is 4.35. The summed E-state index contributed by atoms with van der Waals surface area (Å²) in [6.45, 7) is 1.96. The number of pyridine rings is 1. The molecule has 6 heteroatoms. The minimum absolute atomic E-state index is 0.0827. The van der Waals surface area contributed by atoms with Crippen LogP contribution in [0.15, 0.2) is 66.7 Å². The second-order valence-corrected chi connectivity index (χ2v) is 5.84. The highest BCUT2D eigenvalue weighted by Crippen LogP contribution is 2.15. The fourth-order valence-corrected chi connectivity index (χ4v) is 2.40. The first-order chi connectivity index (χ1) is 13.1. The molecule has 0 spiro atoms. The van der Waals surface area contributed by atoms with Gasteiger partial charge in [-0.3, -0.25) is 9.59 Å². The Morgan fingerprint density at radius 1 is 0.852 bits per heavy atom. The number of anilines is 2. The molecule has 2 amide bonds. The van der Waals surface area contributed by atoms with Crippen molar-refractivity contribution in [3.8, 4) is 6.07 Å². The molecule has 0 fully saturated rings. The van der Waals surface area contributed by atoms with Crippen molar-refractivity contribution in [3.05, 3.63) is 89.2 Å². The predicted octanol–water partition coefficient (Wildman–Crippen LogP) is 3.77. The molecule has 0 unspecified atom stereocenters. The lowest BCUT2D eigenvalue weighted by Gasteiger charge is -2.08. The Hall–Kier alpha value is -3.98. The van der Waals surface area contributed by atoms with Crippen molar-refractivity contribution in [2.24, 2.45) is 0 Å². The van der Waals surface area contributed by atoms with Gasteiger partial charge in [-0.15, -0.1) is 0 Å². The van der Waals surface area contributed by atoms with Crippen molar-refractivity contribution in [2.45, 2.75) is 6.92 Å². The van der Waals surface area contributed by atoms with Crippen LogP contribution in [0.25, 0.3) is 0 Å². The first-order valence-corrected chi connectivity index (χ1v) is 8.22. The molecule has 2 N–H and O–H groups in total. The molecule has 0 saturated carbocycles. The first kappa shape index (κ1) is 17.8. The third-order valence-corrected chi connectivity index (χ3v) is 3.82. The number of nitrogens with zero attached hydrogens (tertiary/aromatic N) is 2. The van der Waals surface area contributed by atoms with Crippen LogP contribution >= 0.6 is 0 Å². The van der Waals surface area contributed by atoms with Crippen LogP contribution in [0.2, 0.25) is 0 Å². The van der Waals surface area contributed by atoms with E-state index < -0.39 is 11.8 Å². The number of amides is 2. The smallest absolute Gasteiger partial charge is 0.274 e. The van der Waals surface area contributed by atoms with E-state index in [-0.39, 0.29) is 11.4 Å². The number of carbonyl (C=O) groups is 2. The van der Waals surface area contributed by atoms with E-state index in [2.05, 4.69) is 15.6 Å². The van der Waals surface area contributed by atoms with E-state index in [9.17, 15) is 9.59 Å². The summed E-state index contributed by atoms with van der Waals surface area (Å²) in [7, 11) is 0. The average Bonchev–Trinajstić information content (AvgIpc) is 2.70. The van der Waals surface area contributed by atoms with Gasteiger partial charge in [-0.2, -0.15) is 5.26 Å². The molecule has 0 atom stereocenters. The largest absolute Gasteiger partial charge is 0.321 e. The van der Waals surface area contributed by atoms with Gasteiger partial charge in [0.15, 0.2) is 0 Å². The summed E-state index contributed by atoms with van der Waals surface area (Å²) in [6.07, 6.45) is 0. The molecule has 2 aromatic carbocycles. The van der Waals surface area contributed by atoms with Gasteiger partial charge in [0.25, 0.3) is 11.8 Å². The van der Waals surface area contributed by atoms with Crippen molar-refractivity contribution in [3.63, 3.8) is 0 Å². The molecule has 1 heterocycles. The van der Waals surface area contributed by atoms with Crippen molar-refractivity contribution >= 4 is 23.2 Å². The van der Waals surface area contributed by atoms with Gasteiger partial charge in [0.1, 0.15) is 17.5 Å². The molecule has 132 valence electrons. The van der Waals surface area contributed by atoms with Crippen LogP contribution in [0.5, 0.6) is 0 Å². The van der Waals surface area contributed by atoms with E-state index >= 15 is 0 Å². The average molecular weight is 356 g/mol. The van der Waals surface area contributed by atoms with Crippen molar-refractivity contribution in [1.29, 1.82) is 5.26 Å². The number of carbonyl (C=O) groups excluding carboxylic acids is 2. The lowest BCUT2D eigenvalue weighted by atomic mass is 10.2. The zero-order chi connectivity index (χ0) is 19.2. The van der Waals surface area contributed by atoms with E-state index in [1.165, 1.54) is 12.1 Å². The Labute approximate surface area is 156 Å². The number of aryl methyl sites for hydroxylation is 1. The summed E-state index contributed by atoms with van der Waals surface area (Å²) >= 11 is 0. The Kier molecular flexibility index (Phi) is 5.24. The van der Waals surface area contributed by atoms with Gasteiger partial charge < -0.3 is 10.6 Å². The standard InChI is InChI=1S/C21H16N4O2/c1-14-9-11-16(12-10-14)23-20(26)18-7-4-8-19(24-18)21(27)25-17-6-3-2-5-15(17)13-22/h2-12H,1H3,(H,23,26)(H,25,27). The lowest BCUT2D eigenvalue weighted by molar-refractivity contribution is 0.101. The Bertz CT molecular complexity index is 1040. The molecule has 0 bridgehead atoms. The van der Waals surface area contributed by atoms with Gasteiger partial charge in [-0.25, -0.2) is 4.98 Å². The normalized spacial score (nSPS) is 9.93. The van der Waals surface area contributed by atoms with Gasteiger partial charge >= 0.3 is 0 Å². The summed E-state index contributed by atoms with van der Waals surface area (Å²) in [6, 6.07) is 20.7. The highest BCUT2D eigenvalue weighted by atomic mass is 16.2. The van der Waals surface area contributed by atoms with Gasteiger partial charge in [0.2, 0.25) is 0 Å². The fraction of sp³-hybridized carbons (Fsp3) is 0.0476. The van der Waals surface area contributed by atoms with E-state index in [1.807, 2.05) is 25.1 Å². The summed E-state index contributed by atoms with van der Waals surface area (Å²) in [4.78, 5) is 29.0. The van der Waals surface area contributed by atoms with Crippen LogP contribution in [-0.2, 0) is 0 Å². The Morgan fingerprint density at radius 2 is 1.48 bits per heavy atom. The maximum absolute atomic E-state index is 12.4. The van der Waals surface area contributed by atoms with Crippen LogP contribution in [0, 0.1) is 18.3 Å². The van der Waals surface area contributed by atoms with E-state index in [0.717, 1.165) is 5.56 Å². The van der Waals surface area contributed by atoms with Gasteiger partial charge in [0, 0.05) is 5.69 Å². The molecule has 27 heavy (non-hydrogen) atoms. The quantitative estimate of drug-likeness (QED) is 0.744. The van der Waals surface area contributed by atoms with Crippen LogP contribution < -0.4 is 10.6 Å². The highest BCUT2D eigenvalue weighted by molar-refractivity contribution is 6.06. The zero-order valence-corrected chi connectivity index (χ0v) is 14.6. The molecule has 3 rings (SSSR count). The molecule has 0 aliphatic rings. The maximum atomic E-state index is 12.4. The van der Waals surface area contributed by atoms with Gasteiger partial charge in [-0.05, 0) is 43.3 Å². The number of para-hydroxylation sites is 1. The number of aromatic nitrogens is 1. The van der Waals surface area contributed by atoms with Gasteiger partial charge in [-0.1, -0.05) is 35.9 Å². The minimum atomic E-state index is -0.498. The zero-order valence-electron chi connectivity index (χ0n) is 14.6. The Morgan fingerprint density at radius 3 is 2.15 bits per heavy atom. The van der Waals surface area contributed by atoms with E-state index in [1.54, 1.807) is 42.5 Å². The lowest BCUT2D eigenvalue weighted by Crippen LogP contribution is -2.18. The molecule has 3 aromatic rings. The van der Waals surface area contributed by atoms with E-state index in [0.29, 0.717) is 16.9 Å². The van der Waals surface area contributed by atoms with E-state index in [4.69, 9.17) is 5.26 Å². The first-order valence-electron chi connectivity index (χ1n) is 8.22. The van der Waals surface area contributed by atoms with Crippen LogP contribution in [0.4, 0.5) is 11.4 Å². The number of rotatable bonds is 4. The molecule has 0 aliphatic heterocycles. The topological polar surface area (TPSA) is 94.9 Å². The maximum Gasteiger partial charge on any atom is 0.274 e. The number of nitriles is 1. The number of benzene rings is 2. The highest BCUT2D eigenvalue weighted by Gasteiger charge is 2.14. The number of nitrogens with one attached hydrogen (secondary N) is 2.